The smallest absolute Gasteiger partial charge is 0.262 e. The van der Waals surface area contributed by atoms with Gasteiger partial charge in [0.15, 0.2) is 0 Å². The van der Waals surface area contributed by atoms with Gasteiger partial charge in [-0.05, 0) is 81.6 Å². The molecule has 0 aliphatic heterocycles. The number of hydrogen-bond acceptors (Lipinski definition) is 4. The number of carbonyl (C=O) groups is 1. The quantitative estimate of drug-likeness (QED) is 0.472. The Labute approximate surface area is 196 Å². The second-order valence-corrected chi connectivity index (χ2v) is 9.75. The van der Waals surface area contributed by atoms with Crippen molar-refractivity contribution in [3.05, 3.63) is 88.5 Å². The Balaban J connectivity index is 1.80. The molecule has 0 aliphatic rings. The van der Waals surface area contributed by atoms with E-state index < -0.39 is 10.0 Å². The Morgan fingerprint density at radius 1 is 0.939 bits per heavy atom. The molecule has 6 nitrogen and oxygen atoms in total. The average Bonchev–Trinajstić information content (AvgIpc) is 2.76. The van der Waals surface area contributed by atoms with Gasteiger partial charge in [0.25, 0.3) is 15.9 Å². The molecule has 174 valence electrons. The maximum Gasteiger partial charge on any atom is 0.262 e. The highest BCUT2D eigenvalue weighted by molar-refractivity contribution is 7.92. The second kappa shape index (κ2) is 10.1. The summed E-state index contributed by atoms with van der Waals surface area (Å²) >= 11 is 0. The van der Waals surface area contributed by atoms with Gasteiger partial charge in [-0.2, -0.15) is 0 Å². The summed E-state index contributed by atoms with van der Waals surface area (Å²) in [5, 5.41) is 2.93. The van der Waals surface area contributed by atoms with Gasteiger partial charge in [0.1, 0.15) is 5.75 Å². The zero-order chi connectivity index (χ0) is 24.2. The van der Waals surface area contributed by atoms with Crippen molar-refractivity contribution >= 4 is 21.6 Å². The lowest BCUT2D eigenvalue weighted by atomic mass is 10.1. The van der Waals surface area contributed by atoms with Crippen molar-refractivity contribution in [3.8, 4) is 5.75 Å². The third kappa shape index (κ3) is 5.93. The van der Waals surface area contributed by atoms with Gasteiger partial charge in [0.2, 0.25) is 0 Å². The maximum atomic E-state index is 13.1. The van der Waals surface area contributed by atoms with Gasteiger partial charge in [0.05, 0.1) is 23.2 Å². The highest BCUT2D eigenvalue weighted by Gasteiger charge is 2.21. The van der Waals surface area contributed by atoms with E-state index >= 15 is 0 Å². The zero-order valence-electron chi connectivity index (χ0n) is 19.6. The lowest BCUT2D eigenvalue weighted by Crippen LogP contribution is -2.27. The molecule has 1 amide bonds. The van der Waals surface area contributed by atoms with Crippen molar-refractivity contribution in [2.45, 2.75) is 45.6 Å². The molecule has 33 heavy (non-hydrogen) atoms. The molecule has 1 atom stereocenters. The molecule has 0 saturated carbocycles. The lowest BCUT2D eigenvalue weighted by molar-refractivity contribution is 0.0939. The van der Waals surface area contributed by atoms with Gasteiger partial charge in [-0.15, -0.1) is 0 Å². The Morgan fingerprint density at radius 2 is 1.64 bits per heavy atom. The summed E-state index contributed by atoms with van der Waals surface area (Å²) in [7, 11) is -3.87. The van der Waals surface area contributed by atoms with E-state index in [1.54, 1.807) is 25.1 Å². The van der Waals surface area contributed by atoms with Crippen LogP contribution in [0, 0.1) is 20.8 Å². The van der Waals surface area contributed by atoms with Crippen LogP contribution in [0.25, 0.3) is 0 Å². The molecule has 3 aromatic carbocycles. The lowest BCUT2D eigenvalue weighted by Gasteiger charge is -2.17. The van der Waals surface area contributed by atoms with Gasteiger partial charge in [-0.1, -0.05) is 35.9 Å². The van der Waals surface area contributed by atoms with Crippen LogP contribution in [-0.2, 0) is 10.0 Å². The summed E-state index contributed by atoms with van der Waals surface area (Å²) in [6.45, 7) is 9.89. The van der Waals surface area contributed by atoms with E-state index in [4.69, 9.17) is 4.74 Å². The Hall–Kier alpha value is -3.32. The summed E-state index contributed by atoms with van der Waals surface area (Å²) in [4.78, 5) is 13.0. The van der Waals surface area contributed by atoms with Crippen LogP contribution in [0.3, 0.4) is 0 Å². The monoisotopic (exact) mass is 466 g/mol. The highest BCUT2D eigenvalue weighted by atomic mass is 32.2. The Bertz CT molecular complexity index is 1250. The third-order valence-corrected chi connectivity index (χ3v) is 6.91. The zero-order valence-corrected chi connectivity index (χ0v) is 20.4. The fourth-order valence-electron chi connectivity index (χ4n) is 3.54. The van der Waals surface area contributed by atoms with Crippen molar-refractivity contribution in [1.29, 1.82) is 0 Å². The first kappa shape index (κ1) is 24.3. The predicted molar refractivity (Wildman–Crippen MR) is 131 cm³/mol. The van der Waals surface area contributed by atoms with Gasteiger partial charge < -0.3 is 10.1 Å². The van der Waals surface area contributed by atoms with Crippen LogP contribution < -0.4 is 14.8 Å². The predicted octanol–water partition coefficient (Wildman–Crippen LogP) is 5.30. The molecule has 3 rings (SSSR count). The highest BCUT2D eigenvalue weighted by Crippen LogP contribution is 2.24. The molecule has 0 bridgehead atoms. The number of sulfonamides is 1. The maximum absolute atomic E-state index is 13.1. The summed E-state index contributed by atoms with van der Waals surface area (Å²) < 4.78 is 34.3. The number of hydrogen-bond donors (Lipinski definition) is 2. The van der Waals surface area contributed by atoms with Crippen molar-refractivity contribution < 1.29 is 17.9 Å². The fourth-order valence-corrected chi connectivity index (χ4v) is 4.94. The minimum Gasteiger partial charge on any atom is -0.494 e. The van der Waals surface area contributed by atoms with Gasteiger partial charge in [-0.3, -0.25) is 9.52 Å². The first-order chi connectivity index (χ1) is 15.6. The van der Waals surface area contributed by atoms with Crippen LogP contribution in [0.15, 0.2) is 65.6 Å². The first-order valence-corrected chi connectivity index (χ1v) is 12.3. The first-order valence-electron chi connectivity index (χ1n) is 10.8. The molecular weight excluding hydrogens is 436 g/mol. The minimum absolute atomic E-state index is 0.0730. The van der Waals surface area contributed by atoms with Crippen LogP contribution in [0.2, 0.25) is 0 Å². The van der Waals surface area contributed by atoms with Crippen molar-refractivity contribution in [1.82, 2.24) is 5.32 Å². The van der Waals surface area contributed by atoms with E-state index in [-0.39, 0.29) is 22.4 Å². The molecule has 0 aliphatic carbocycles. The standard InChI is InChI=1S/C26H30N2O4S/c1-6-32-23-12-10-21(11-13-23)20(5)27-26(29)22-9-8-18(3)25(16-22)33(30,31)28-24-14-7-17(2)15-19(24)4/h7-16,20,28H,6H2,1-5H3,(H,27,29)/t20-/m1/s1. The third-order valence-electron chi connectivity index (χ3n) is 5.40. The van der Waals surface area contributed by atoms with Gasteiger partial charge >= 0.3 is 0 Å². The number of anilines is 1. The molecule has 0 heterocycles. The largest absolute Gasteiger partial charge is 0.494 e. The topological polar surface area (TPSA) is 84.5 Å². The number of benzene rings is 3. The fraction of sp³-hybridized carbons (Fsp3) is 0.269. The van der Waals surface area contributed by atoms with E-state index in [9.17, 15) is 13.2 Å². The molecule has 0 saturated heterocycles. The molecule has 2 N–H and O–H groups in total. The molecule has 0 unspecified atom stereocenters. The summed E-state index contributed by atoms with van der Waals surface area (Å²) in [5.74, 6) is 0.420. The Morgan fingerprint density at radius 3 is 2.27 bits per heavy atom. The normalized spacial score (nSPS) is 12.2. The number of nitrogens with one attached hydrogen (secondary N) is 2. The SMILES string of the molecule is CCOc1ccc([C@@H](C)NC(=O)c2ccc(C)c(S(=O)(=O)Nc3ccc(C)cc3C)c2)cc1. The molecule has 0 radical (unpaired) electrons. The second-order valence-electron chi connectivity index (χ2n) is 8.10. The van der Waals surface area contributed by atoms with E-state index in [0.29, 0.717) is 17.9 Å². The molecule has 3 aromatic rings. The minimum atomic E-state index is -3.87. The van der Waals surface area contributed by atoms with Crippen molar-refractivity contribution in [2.24, 2.45) is 0 Å². The molecule has 0 fully saturated rings. The summed E-state index contributed by atoms with van der Waals surface area (Å²) in [6, 6.07) is 17.5. The Kier molecular flexibility index (Phi) is 7.43. The molecule has 0 spiro atoms. The van der Waals surface area contributed by atoms with Crippen molar-refractivity contribution in [3.63, 3.8) is 0 Å². The number of carbonyl (C=O) groups excluding carboxylic acids is 1. The van der Waals surface area contributed by atoms with E-state index in [2.05, 4.69) is 10.0 Å². The number of rotatable bonds is 8. The summed E-state index contributed by atoms with van der Waals surface area (Å²) in [6.07, 6.45) is 0. The van der Waals surface area contributed by atoms with Crippen LogP contribution in [-0.4, -0.2) is 20.9 Å². The van der Waals surface area contributed by atoms with Crippen LogP contribution >= 0.6 is 0 Å². The number of ether oxygens (including phenoxy) is 1. The average molecular weight is 467 g/mol. The van der Waals surface area contributed by atoms with Crippen LogP contribution in [0.4, 0.5) is 5.69 Å². The van der Waals surface area contributed by atoms with E-state index in [1.165, 1.54) is 6.07 Å². The number of aryl methyl sites for hydroxylation is 3. The van der Waals surface area contributed by atoms with E-state index in [1.807, 2.05) is 64.1 Å². The molecule has 7 heteroatoms. The van der Waals surface area contributed by atoms with Gasteiger partial charge in [-0.25, -0.2) is 8.42 Å². The molecular formula is C26H30N2O4S. The van der Waals surface area contributed by atoms with Gasteiger partial charge in [0, 0.05) is 5.56 Å². The summed E-state index contributed by atoms with van der Waals surface area (Å²) in [5.41, 5.74) is 4.14. The van der Waals surface area contributed by atoms with Crippen LogP contribution in [0.1, 0.15) is 52.5 Å². The molecule has 0 aromatic heterocycles. The van der Waals surface area contributed by atoms with E-state index in [0.717, 1.165) is 22.4 Å². The van der Waals surface area contributed by atoms with Crippen molar-refractivity contribution in [2.75, 3.05) is 11.3 Å². The number of amides is 1. The van der Waals surface area contributed by atoms with Crippen LogP contribution in [0.5, 0.6) is 5.75 Å².